The van der Waals surface area contributed by atoms with Crippen LogP contribution < -0.4 is 0 Å². The summed E-state index contributed by atoms with van der Waals surface area (Å²) >= 11 is 0. The summed E-state index contributed by atoms with van der Waals surface area (Å²) in [7, 11) is -3.31. The molecule has 0 atom stereocenters. The maximum Gasteiger partial charge on any atom is 0.309 e. The zero-order valence-electron chi connectivity index (χ0n) is 10.5. The van der Waals surface area contributed by atoms with Gasteiger partial charge < -0.3 is 5.11 Å². The van der Waals surface area contributed by atoms with Crippen molar-refractivity contribution in [2.24, 2.45) is 5.41 Å². The van der Waals surface area contributed by atoms with Gasteiger partial charge >= 0.3 is 5.97 Å². The summed E-state index contributed by atoms with van der Waals surface area (Å²) in [6.45, 7) is 8.09. The fourth-order valence-electron chi connectivity index (χ4n) is 3.03. The van der Waals surface area contributed by atoms with Crippen LogP contribution in [0.3, 0.4) is 0 Å². The number of hydrogen-bond donors (Lipinski definition) is 1. The molecule has 0 amide bonds. The highest BCUT2D eigenvalue weighted by Crippen LogP contribution is 2.50. The van der Waals surface area contributed by atoms with Crippen molar-refractivity contribution >= 4 is 15.8 Å². The number of rotatable bonds is 1. The highest BCUT2D eigenvalue weighted by atomic mass is 32.2. The van der Waals surface area contributed by atoms with Gasteiger partial charge in [-0.2, -0.15) is 0 Å². The standard InChI is InChI=1S/C11H20O4S/c1-9(2)6-11(5,8(12)13)7-10(3,4)16(9,14)15/h6-7H2,1-5H3,(H,12,13). The predicted octanol–water partition coefficient (Wildman–Crippen LogP) is 1.84. The monoisotopic (exact) mass is 248 g/mol. The molecule has 1 heterocycles. The lowest BCUT2D eigenvalue weighted by molar-refractivity contribution is -0.150. The molecule has 0 bridgehead atoms. The normalized spacial score (nSPS) is 29.6. The molecule has 1 aliphatic heterocycles. The first-order valence-corrected chi connectivity index (χ1v) is 6.82. The Bertz CT molecular complexity index is 393. The number of carboxylic acids is 1. The molecule has 0 aliphatic carbocycles. The van der Waals surface area contributed by atoms with Gasteiger partial charge in [0.25, 0.3) is 0 Å². The number of carboxylic acid groups (broad SMARTS) is 1. The number of carbonyl (C=O) groups is 1. The third-order valence-corrected chi connectivity index (χ3v) is 6.80. The van der Waals surface area contributed by atoms with E-state index in [9.17, 15) is 18.3 Å². The van der Waals surface area contributed by atoms with E-state index in [0.717, 1.165) is 0 Å². The molecule has 0 aromatic heterocycles. The van der Waals surface area contributed by atoms with Crippen molar-refractivity contribution < 1.29 is 18.3 Å². The van der Waals surface area contributed by atoms with Gasteiger partial charge in [-0.05, 0) is 47.5 Å². The fraction of sp³-hybridized carbons (Fsp3) is 0.909. The lowest BCUT2D eigenvalue weighted by Crippen LogP contribution is -2.57. The Morgan fingerprint density at radius 3 is 1.56 bits per heavy atom. The molecule has 1 fully saturated rings. The highest BCUT2D eigenvalue weighted by Gasteiger charge is 2.58. The minimum Gasteiger partial charge on any atom is -0.481 e. The zero-order chi connectivity index (χ0) is 13.0. The quantitative estimate of drug-likeness (QED) is 0.768. The largest absolute Gasteiger partial charge is 0.481 e. The van der Waals surface area contributed by atoms with Gasteiger partial charge in [-0.15, -0.1) is 0 Å². The molecule has 0 saturated carbocycles. The maximum absolute atomic E-state index is 12.3. The van der Waals surface area contributed by atoms with Crippen LogP contribution in [-0.2, 0) is 14.6 Å². The van der Waals surface area contributed by atoms with E-state index in [0.29, 0.717) is 0 Å². The van der Waals surface area contributed by atoms with Crippen LogP contribution in [0.5, 0.6) is 0 Å². The Morgan fingerprint density at radius 2 is 1.31 bits per heavy atom. The van der Waals surface area contributed by atoms with Crippen molar-refractivity contribution in [3.05, 3.63) is 0 Å². The number of aliphatic carboxylic acids is 1. The van der Waals surface area contributed by atoms with Crippen molar-refractivity contribution in [2.75, 3.05) is 0 Å². The molecule has 1 rings (SSSR count). The molecule has 94 valence electrons. The molecular formula is C11H20O4S. The van der Waals surface area contributed by atoms with Crippen LogP contribution in [0.25, 0.3) is 0 Å². The molecule has 5 heteroatoms. The van der Waals surface area contributed by atoms with Crippen LogP contribution in [0.1, 0.15) is 47.5 Å². The summed E-state index contributed by atoms with van der Waals surface area (Å²) in [5.41, 5.74) is -0.960. The van der Waals surface area contributed by atoms with E-state index in [-0.39, 0.29) is 12.8 Å². The second kappa shape index (κ2) is 3.22. The molecule has 0 radical (unpaired) electrons. The smallest absolute Gasteiger partial charge is 0.309 e. The van der Waals surface area contributed by atoms with Crippen LogP contribution in [0.2, 0.25) is 0 Å². The van der Waals surface area contributed by atoms with Crippen LogP contribution in [0.15, 0.2) is 0 Å². The van der Waals surface area contributed by atoms with Crippen molar-refractivity contribution in [1.82, 2.24) is 0 Å². The Kier molecular flexibility index (Phi) is 2.71. The summed E-state index contributed by atoms with van der Waals surface area (Å²) in [4.78, 5) is 11.3. The summed E-state index contributed by atoms with van der Waals surface area (Å²) < 4.78 is 22.6. The third kappa shape index (κ3) is 1.65. The molecule has 0 aromatic rings. The highest BCUT2D eigenvalue weighted by molar-refractivity contribution is 7.94. The van der Waals surface area contributed by atoms with Crippen molar-refractivity contribution in [1.29, 1.82) is 0 Å². The first-order valence-electron chi connectivity index (χ1n) is 5.33. The average molecular weight is 248 g/mol. The van der Waals surface area contributed by atoms with Crippen molar-refractivity contribution in [3.8, 4) is 0 Å². The predicted molar refractivity (Wildman–Crippen MR) is 62.1 cm³/mol. The molecule has 16 heavy (non-hydrogen) atoms. The number of sulfone groups is 1. The summed E-state index contributed by atoms with van der Waals surface area (Å²) in [5, 5.41) is 9.24. The van der Waals surface area contributed by atoms with Crippen LogP contribution in [0.4, 0.5) is 0 Å². The molecule has 4 nitrogen and oxygen atoms in total. The molecule has 0 aromatic carbocycles. The third-order valence-electron chi connectivity index (χ3n) is 3.60. The maximum atomic E-state index is 12.3. The lowest BCUT2D eigenvalue weighted by Gasteiger charge is -2.47. The van der Waals surface area contributed by atoms with Gasteiger partial charge in [0.1, 0.15) is 0 Å². The summed E-state index contributed by atoms with van der Waals surface area (Å²) in [5.74, 6) is -0.913. The van der Waals surface area contributed by atoms with E-state index >= 15 is 0 Å². The van der Waals surface area contributed by atoms with Gasteiger partial charge in [-0.1, -0.05) is 0 Å². The van der Waals surface area contributed by atoms with E-state index in [1.165, 1.54) is 0 Å². The minimum absolute atomic E-state index is 0.168. The summed E-state index contributed by atoms with van der Waals surface area (Å²) in [6.07, 6.45) is 0.336. The van der Waals surface area contributed by atoms with Crippen LogP contribution in [0, 0.1) is 5.41 Å². The molecule has 0 spiro atoms. The van der Waals surface area contributed by atoms with E-state index in [4.69, 9.17) is 0 Å². The topological polar surface area (TPSA) is 71.4 Å². The van der Waals surface area contributed by atoms with Crippen LogP contribution >= 0.6 is 0 Å². The summed E-state index contributed by atoms with van der Waals surface area (Å²) in [6, 6.07) is 0. The molecule has 1 aliphatic rings. The van der Waals surface area contributed by atoms with E-state index in [1.807, 2.05) is 0 Å². The first-order chi connectivity index (χ1) is 6.86. The van der Waals surface area contributed by atoms with Gasteiger partial charge in [-0.3, -0.25) is 4.79 Å². The average Bonchev–Trinajstić information content (AvgIpc) is 1.98. The van der Waals surface area contributed by atoms with Gasteiger partial charge in [0.2, 0.25) is 0 Å². The Hall–Kier alpha value is -0.580. The molecule has 0 unspecified atom stereocenters. The molecular weight excluding hydrogens is 228 g/mol. The second-order valence-corrected chi connectivity index (χ2v) is 9.46. The Morgan fingerprint density at radius 1 is 1.00 bits per heavy atom. The molecule has 1 N–H and O–H groups in total. The van der Waals surface area contributed by atoms with Gasteiger partial charge in [0.15, 0.2) is 9.84 Å². The van der Waals surface area contributed by atoms with E-state index < -0.39 is 30.7 Å². The Balaban J connectivity index is 3.35. The second-order valence-electron chi connectivity index (χ2n) is 6.24. The molecule has 1 saturated heterocycles. The number of hydrogen-bond acceptors (Lipinski definition) is 3. The van der Waals surface area contributed by atoms with Crippen molar-refractivity contribution in [3.63, 3.8) is 0 Å². The zero-order valence-corrected chi connectivity index (χ0v) is 11.3. The van der Waals surface area contributed by atoms with Gasteiger partial charge in [-0.25, -0.2) is 8.42 Å². The van der Waals surface area contributed by atoms with E-state index in [2.05, 4.69) is 0 Å². The lowest BCUT2D eigenvalue weighted by atomic mass is 9.74. The van der Waals surface area contributed by atoms with E-state index in [1.54, 1.807) is 34.6 Å². The fourth-order valence-corrected chi connectivity index (χ4v) is 5.54. The SMILES string of the molecule is CC1(C(=O)O)CC(C)(C)S(=O)(=O)C(C)(C)C1. The first kappa shape index (κ1) is 13.5. The van der Waals surface area contributed by atoms with Gasteiger partial charge in [0.05, 0.1) is 14.9 Å². The minimum atomic E-state index is -3.31. The van der Waals surface area contributed by atoms with Gasteiger partial charge in [0, 0.05) is 0 Å². The van der Waals surface area contributed by atoms with Crippen LogP contribution in [-0.4, -0.2) is 29.0 Å². The van der Waals surface area contributed by atoms with Crippen molar-refractivity contribution in [2.45, 2.75) is 57.0 Å². The Labute approximate surface area is 97.0 Å².